The second kappa shape index (κ2) is 12.7. The molecule has 164 valence electrons. The predicted octanol–water partition coefficient (Wildman–Crippen LogP) is 2.54. The Bertz CT molecular complexity index is 608. The average molecular weight is 515 g/mol. The Morgan fingerprint density at radius 3 is 2.66 bits per heavy atom. The quantitative estimate of drug-likeness (QED) is 0.332. The van der Waals surface area contributed by atoms with Crippen molar-refractivity contribution < 1.29 is 4.74 Å². The summed E-state index contributed by atoms with van der Waals surface area (Å²) in [5, 5.41) is 7.10. The second-order valence-electron chi connectivity index (χ2n) is 8.06. The van der Waals surface area contributed by atoms with Crippen molar-refractivity contribution in [3.8, 4) is 0 Å². The molecule has 0 saturated carbocycles. The van der Waals surface area contributed by atoms with Crippen LogP contribution in [0.2, 0.25) is 0 Å². The van der Waals surface area contributed by atoms with E-state index in [1.165, 1.54) is 5.56 Å². The maximum Gasteiger partial charge on any atom is 0.191 e. The smallest absolute Gasteiger partial charge is 0.191 e. The van der Waals surface area contributed by atoms with E-state index in [1.54, 1.807) is 0 Å². The molecule has 2 aliphatic heterocycles. The van der Waals surface area contributed by atoms with Crippen LogP contribution in [0.5, 0.6) is 0 Å². The Hall–Kier alpha value is -0.900. The Balaban J connectivity index is 0.00000300. The van der Waals surface area contributed by atoms with Crippen LogP contribution in [0.3, 0.4) is 0 Å². The van der Waals surface area contributed by atoms with Crippen LogP contribution in [0.15, 0.2) is 35.3 Å². The van der Waals surface area contributed by atoms with Crippen molar-refractivity contribution in [2.24, 2.45) is 4.99 Å². The number of guanidine groups is 1. The highest BCUT2D eigenvalue weighted by molar-refractivity contribution is 14.0. The molecule has 0 aromatic heterocycles. The van der Waals surface area contributed by atoms with Crippen LogP contribution in [0, 0.1) is 0 Å². The van der Waals surface area contributed by atoms with Gasteiger partial charge >= 0.3 is 0 Å². The van der Waals surface area contributed by atoms with Crippen molar-refractivity contribution in [2.75, 3.05) is 45.9 Å². The standard InChI is InChI=1S/C22H37N5O.HI/c1-4-23-22(24-15-19(3)26-10-12-28-13-11-26)25-21-14-18(2)27(17-21)16-20-8-6-5-7-9-20;/h5-9,18-19,21H,4,10-17H2,1-3H3,(H2,23,24,25);1H. The first-order valence-corrected chi connectivity index (χ1v) is 10.8. The van der Waals surface area contributed by atoms with Gasteiger partial charge in [-0.2, -0.15) is 0 Å². The summed E-state index contributed by atoms with van der Waals surface area (Å²) in [5.41, 5.74) is 1.38. The molecule has 6 nitrogen and oxygen atoms in total. The molecule has 0 radical (unpaired) electrons. The molecule has 3 unspecified atom stereocenters. The third kappa shape index (κ3) is 7.70. The average Bonchev–Trinajstić information content (AvgIpc) is 3.06. The number of hydrogen-bond donors (Lipinski definition) is 2. The van der Waals surface area contributed by atoms with Gasteiger partial charge in [-0.3, -0.25) is 14.8 Å². The van der Waals surface area contributed by atoms with Gasteiger partial charge in [0.2, 0.25) is 0 Å². The SMILES string of the molecule is CCNC(=NCC(C)N1CCOCC1)NC1CC(C)N(Cc2ccccc2)C1.I. The number of halogens is 1. The largest absolute Gasteiger partial charge is 0.379 e. The van der Waals surface area contributed by atoms with E-state index < -0.39 is 0 Å². The molecule has 3 atom stereocenters. The summed E-state index contributed by atoms with van der Waals surface area (Å²) >= 11 is 0. The lowest BCUT2D eigenvalue weighted by Crippen LogP contribution is -2.46. The third-order valence-electron chi connectivity index (χ3n) is 5.80. The molecule has 0 amide bonds. The monoisotopic (exact) mass is 515 g/mol. The maximum absolute atomic E-state index is 5.46. The van der Waals surface area contributed by atoms with E-state index in [-0.39, 0.29) is 24.0 Å². The highest BCUT2D eigenvalue weighted by Crippen LogP contribution is 2.20. The topological polar surface area (TPSA) is 52.1 Å². The van der Waals surface area contributed by atoms with Crippen LogP contribution in [-0.2, 0) is 11.3 Å². The number of rotatable bonds is 7. The fraction of sp³-hybridized carbons (Fsp3) is 0.682. The minimum Gasteiger partial charge on any atom is -0.379 e. The molecule has 2 heterocycles. The van der Waals surface area contributed by atoms with Crippen molar-refractivity contribution in [1.29, 1.82) is 0 Å². The normalized spacial score (nSPS) is 24.7. The Morgan fingerprint density at radius 2 is 1.97 bits per heavy atom. The number of hydrogen-bond acceptors (Lipinski definition) is 4. The van der Waals surface area contributed by atoms with E-state index >= 15 is 0 Å². The van der Waals surface area contributed by atoms with E-state index in [9.17, 15) is 0 Å². The molecule has 2 N–H and O–H groups in total. The Morgan fingerprint density at radius 1 is 1.24 bits per heavy atom. The van der Waals surface area contributed by atoms with E-state index in [4.69, 9.17) is 9.73 Å². The van der Waals surface area contributed by atoms with Crippen molar-refractivity contribution >= 4 is 29.9 Å². The van der Waals surface area contributed by atoms with Gasteiger partial charge in [0.1, 0.15) is 0 Å². The molecule has 2 fully saturated rings. The first-order chi connectivity index (χ1) is 13.7. The zero-order valence-corrected chi connectivity index (χ0v) is 20.5. The summed E-state index contributed by atoms with van der Waals surface area (Å²) in [5.74, 6) is 0.946. The third-order valence-corrected chi connectivity index (χ3v) is 5.80. The van der Waals surface area contributed by atoms with E-state index in [0.717, 1.165) is 64.9 Å². The summed E-state index contributed by atoms with van der Waals surface area (Å²) in [4.78, 5) is 9.91. The van der Waals surface area contributed by atoms with Crippen molar-refractivity contribution in [3.63, 3.8) is 0 Å². The molecule has 0 aliphatic carbocycles. The minimum atomic E-state index is 0. The van der Waals surface area contributed by atoms with Gasteiger partial charge in [-0.1, -0.05) is 30.3 Å². The number of nitrogens with zero attached hydrogens (tertiary/aromatic N) is 3. The zero-order chi connectivity index (χ0) is 19.8. The molecule has 1 aromatic rings. The van der Waals surface area contributed by atoms with Gasteiger partial charge in [-0.05, 0) is 32.8 Å². The number of morpholine rings is 1. The van der Waals surface area contributed by atoms with Crippen molar-refractivity contribution in [3.05, 3.63) is 35.9 Å². The number of ether oxygens (including phenoxy) is 1. The minimum absolute atomic E-state index is 0. The van der Waals surface area contributed by atoms with Gasteiger partial charge in [-0.25, -0.2) is 0 Å². The van der Waals surface area contributed by atoms with Crippen LogP contribution in [0.1, 0.15) is 32.8 Å². The van der Waals surface area contributed by atoms with Crippen LogP contribution >= 0.6 is 24.0 Å². The number of benzene rings is 1. The summed E-state index contributed by atoms with van der Waals surface area (Å²) in [6.07, 6.45) is 1.15. The van der Waals surface area contributed by atoms with Crippen LogP contribution < -0.4 is 10.6 Å². The Labute approximate surface area is 193 Å². The van der Waals surface area contributed by atoms with Crippen molar-refractivity contribution in [1.82, 2.24) is 20.4 Å². The highest BCUT2D eigenvalue weighted by atomic mass is 127. The summed E-state index contributed by atoms with van der Waals surface area (Å²) in [6, 6.07) is 12.2. The highest BCUT2D eigenvalue weighted by Gasteiger charge is 2.29. The lowest BCUT2D eigenvalue weighted by molar-refractivity contribution is 0.0220. The maximum atomic E-state index is 5.46. The van der Waals surface area contributed by atoms with Crippen LogP contribution in [0.25, 0.3) is 0 Å². The van der Waals surface area contributed by atoms with Gasteiger partial charge in [0.25, 0.3) is 0 Å². The van der Waals surface area contributed by atoms with Gasteiger partial charge < -0.3 is 15.4 Å². The summed E-state index contributed by atoms with van der Waals surface area (Å²) in [6.45, 7) is 14.2. The van der Waals surface area contributed by atoms with Gasteiger partial charge in [0.05, 0.1) is 19.8 Å². The summed E-state index contributed by atoms with van der Waals surface area (Å²) in [7, 11) is 0. The summed E-state index contributed by atoms with van der Waals surface area (Å²) < 4.78 is 5.46. The van der Waals surface area contributed by atoms with E-state index in [2.05, 4.69) is 71.5 Å². The van der Waals surface area contributed by atoms with E-state index in [1.807, 2.05) is 0 Å². The molecule has 2 aliphatic rings. The molecule has 0 spiro atoms. The molecular weight excluding hydrogens is 477 g/mol. The van der Waals surface area contributed by atoms with Crippen LogP contribution in [0.4, 0.5) is 0 Å². The number of likely N-dealkylation sites (tertiary alicyclic amines) is 1. The fourth-order valence-electron chi connectivity index (χ4n) is 4.11. The molecular formula is C22H38IN5O. The fourth-order valence-corrected chi connectivity index (χ4v) is 4.11. The number of nitrogens with one attached hydrogen (secondary N) is 2. The van der Waals surface area contributed by atoms with Crippen LogP contribution in [-0.4, -0.2) is 79.8 Å². The van der Waals surface area contributed by atoms with Gasteiger partial charge in [0.15, 0.2) is 5.96 Å². The first kappa shape index (κ1) is 24.4. The molecule has 29 heavy (non-hydrogen) atoms. The predicted molar refractivity (Wildman–Crippen MR) is 131 cm³/mol. The zero-order valence-electron chi connectivity index (χ0n) is 18.1. The number of aliphatic imine (C=N–C) groups is 1. The first-order valence-electron chi connectivity index (χ1n) is 10.8. The molecule has 0 bridgehead atoms. The van der Waals surface area contributed by atoms with Gasteiger partial charge in [0, 0.05) is 50.8 Å². The Kier molecular flexibility index (Phi) is 10.7. The second-order valence-corrected chi connectivity index (χ2v) is 8.06. The molecule has 3 rings (SSSR count). The lowest BCUT2D eigenvalue weighted by Gasteiger charge is -2.31. The molecule has 1 aromatic carbocycles. The molecule has 2 saturated heterocycles. The van der Waals surface area contributed by atoms with E-state index in [0.29, 0.717) is 18.1 Å². The van der Waals surface area contributed by atoms with Gasteiger partial charge in [-0.15, -0.1) is 24.0 Å². The van der Waals surface area contributed by atoms with Crippen molar-refractivity contribution in [2.45, 2.75) is 51.9 Å². The molecule has 7 heteroatoms. The lowest BCUT2D eigenvalue weighted by atomic mass is 10.2.